The second kappa shape index (κ2) is 9.92. The summed E-state index contributed by atoms with van der Waals surface area (Å²) < 4.78 is 16.6. The summed E-state index contributed by atoms with van der Waals surface area (Å²) in [6.07, 6.45) is 1.18. The van der Waals surface area contributed by atoms with Gasteiger partial charge in [0.1, 0.15) is 5.60 Å². The molecule has 0 saturated heterocycles. The van der Waals surface area contributed by atoms with Crippen molar-refractivity contribution >= 4 is 20.4 Å². The first-order valence-corrected chi connectivity index (χ1v) is 13.1. The molecule has 0 spiro atoms. The van der Waals surface area contributed by atoms with Crippen molar-refractivity contribution in [2.75, 3.05) is 20.3 Å². The minimum Gasteiger partial charge on any atom is -0.464 e. The lowest BCUT2D eigenvalue weighted by Gasteiger charge is -2.37. The molecule has 0 N–H and O–H groups in total. The summed E-state index contributed by atoms with van der Waals surface area (Å²) in [5.74, 6) is -0.481. The van der Waals surface area contributed by atoms with Crippen molar-refractivity contribution in [1.29, 1.82) is 0 Å². The van der Waals surface area contributed by atoms with Crippen LogP contribution in [0.15, 0.2) is 12.3 Å². The Kier molecular flexibility index (Phi) is 8.63. The van der Waals surface area contributed by atoms with Gasteiger partial charge in [0.05, 0.1) is 20.3 Å². The lowest BCUT2D eigenvalue weighted by Crippen LogP contribution is -2.44. The van der Waals surface area contributed by atoms with Gasteiger partial charge in [-0.25, -0.2) is 14.6 Å². The molecular weight excluding hydrogens is 400 g/mol. The molecule has 0 saturated carbocycles. The molecule has 0 aliphatic carbocycles. The van der Waals surface area contributed by atoms with Gasteiger partial charge in [0.25, 0.3) is 0 Å². The number of esters is 1. The fourth-order valence-electron chi connectivity index (χ4n) is 2.44. The minimum atomic E-state index is -1.92. The fraction of sp³-hybridized carbons (Fsp3) is 0.682. The Labute approximate surface area is 182 Å². The lowest BCUT2D eigenvalue weighted by atomic mass is 10.1. The first-order chi connectivity index (χ1) is 13.6. The zero-order valence-electron chi connectivity index (χ0n) is 20.2. The summed E-state index contributed by atoms with van der Waals surface area (Å²) in [7, 11) is -0.598. The third-order valence-electron chi connectivity index (χ3n) is 5.17. The number of rotatable bonds is 7. The molecule has 0 aliphatic rings. The number of carbonyl (C=O) groups is 2. The van der Waals surface area contributed by atoms with Gasteiger partial charge in [0.15, 0.2) is 14.0 Å². The van der Waals surface area contributed by atoms with Crippen molar-refractivity contribution < 1.29 is 23.5 Å². The van der Waals surface area contributed by atoms with Crippen molar-refractivity contribution in [1.82, 2.24) is 9.88 Å². The van der Waals surface area contributed by atoms with Gasteiger partial charge < -0.3 is 18.8 Å². The number of carbonyl (C=O) groups excluding carboxylic acids is 2. The Balaban J connectivity index is 2.98. The number of aromatic nitrogens is 1. The van der Waals surface area contributed by atoms with Crippen LogP contribution in [0, 0.1) is 6.92 Å². The molecule has 170 valence electrons. The monoisotopic (exact) mass is 438 g/mol. The van der Waals surface area contributed by atoms with Gasteiger partial charge >= 0.3 is 12.1 Å². The van der Waals surface area contributed by atoms with Gasteiger partial charge in [-0.15, -0.1) is 0 Å². The third kappa shape index (κ3) is 7.72. The van der Waals surface area contributed by atoms with Gasteiger partial charge in [-0.2, -0.15) is 0 Å². The number of hydrogen-bond acceptors (Lipinski definition) is 6. The van der Waals surface area contributed by atoms with E-state index in [-0.39, 0.29) is 10.7 Å². The van der Waals surface area contributed by atoms with Gasteiger partial charge in [-0.1, -0.05) is 26.8 Å². The highest BCUT2D eigenvalue weighted by Gasteiger charge is 2.37. The van der Waals surface area contributed by atoms with Crippen LogP contribution in [0.2, 0.25) is 18.1 Å². The molecule has 1 amide bonds. The average molecular weight is 439 g/mol. The maximum atomic E-state index is 12.8. The number of ether oxygens (including phenoxy) is 2. The molecule has 0 fully saturated rings. The van der Waals surface area contributed by atoms with Crippen LogP contribution in [0.5, 0.6) is 0 Å². The Morgan fingerprint density at radius 1 is 1.13 bits per heavy atom. The Bertz CT molecular complexity index is 751. The van der Waals surface area contributed by atoms with Crippen molar-refractivity contribution in [2.24, 2.45) is 0 Å². The van der Waals surface area contributed by atoms with Crippen LogP contribution < -0.4 is 0 Å². The number of pyridine rings is 1. The first kappa shape index (κ1) is 26.1. The highest BCUT2D eigenvalue weighted by Crippen LogP contribution is 2.36. The fourth-order valence-corrected chi connectivity index (χ4v) is 3.47. The maximum absolute atomic E-state index is 12.8. The number of aryl methyl sites for hydroxylation is 1. The van der Waals surface area contributed by atoms with Crippen LogP contribution >= 0.6 is 0 Å². The molecule has 0 radical (unpaired) electrons. The quantitative estimate of drug-likeness (QED) is 0.443. The molecule has 30 heavy (non-hydrogen) atoms. The second-order valence-corrected chi connectivity index (χ2v) is 14.8. The molecule has 1 rings (SSSR count). The number of nitrogens with zero attached hydrogens (tertiary/aromatic N) is 2. The second-order valence-electron chi connectivity index (χ2n) is 10.0. The summed E-state index contributed by atoms with van der Waals surface area (Å²) in [6.45, 7) is 19.4. The summed E-state index contributed by atoms with van der Waals surface area (Å²) in [5.41, 5.74) is 1.17. The molecular formula is C22H38N2O5Si. The van der Waals surface area contributed by atoms with Crippen LogP contribution in [-0.2, 0) is 20.4 Å². The van der Waals surface area contributed by atoms with E-state index in [1.54, 1.807) is 18.0 Å². The molecule has 1 aromatic heterocycles. The Morgan fingerprint density at radius 3 is 2.20 bits per heavy atom. The molecule has 0 unspecified atom stereocenters. The van der Waals surface area contributed by atoms with E-state index in [1.807, 2.05) is 26.8 Å². The topological polar surface area (TPSA) is 78.0 Å². The normalized spacial score (nSPS) is 12.5. The van der Waals surface area contributed by atoms with Crippen LogP contribution in [0.3, 0.4) is 0 Å². The van der Waals surface area contributed by atoms with E-state index in [9.17, 15) is 9.59 Å². The smallest absolute Gasteiger partial charge is 0.410 e. The predicted molar refractivity (Wildman–Crippen MR) is 120 cm³/mol. The summed E-state index contributed by atoms with van der Waals surface area (Å²) in [6, 6.07) is 1.84. The van der Waals surface area contributed by atoms with Crippen LogP contribution in [-0.4, -0.2) is 56.1 Å². The first-order valence-electron chi connectivity index (χ1n) is 10.2. The molecule has 0 bridgehead atoms. The van der Waals surface area contributed by atoms with Gasteiger partial charge in [0, 0.05) is 12.7 Å². The van der Waals surface area contributed by atoms with Crippen LogP contribution in [0.25, 0.3) is 0 Å². The van der Waals surface area contributed by atoms with Crippen LogP contribution in [0.1, 0.15) is 63.2 Å². The number of methoxy groups -OCH3 is 1. The van der Waals surface area contributed by atoms with Crippen LogP contribution in [0.4, 0.5) is 4.79 Å². The summed E-state index contributed by atoms with van der Waals surface area (Å²) in [4.78, 5) is 30.4. The largest absolute Gasteiger partial charge is 0.464 e. The predicted octanol–water partition coefficient (Wildman–Crippen LogP) is 4.94. The maximum Gasteiger partial charge on any atom is 0.410 e. The lowest BCUT2D eigenvalue weighted by molar-refractivity contribution is 0.0204. The molecule has 7 nitrogen and oxygen atoms in total. The van der Waals surface area contributed by atoms with Crippen molar-refractivity contribution in [3.05, 3.63) is 29.1 Å². The van der Waals surface area contributed by atoms with Crippen molar-refractivity contribution in [3.63, 3.8) is 0 Å². The van der Waals surface area contributed by atoms with Gasteiger partial charge in [-0.3, -0.25) is 0 Å². The van der Waals surface area contributed by atoms with E-state index >= 15 is 0 Å². The SMILES string of the molecule is COC(=O)c1ncc(CN(CCO[Si](C)(C)C(C)(C)C)C(=O)OC(C)(C)C)cc1C. The van der Waals surface area contributed by atoms with Gasteiger partial charge in [0.2, 0.25) is 0 Å². The number of amides is 1. The zero-order chi connectivity index (χ0) is 23.3. The summed E-state index contributed by atoms with van der Waals surface area (Å²) >= 11 is 0. The Morgan fingerprint density at radius 2 is 1.73 bits per heavy atom. The average Bonchev–Trinajstić information content (AvgIpc) is 2.57. The van der Waals surface area contributed by atoms with E-state index in [0.29, 0.717) is 25.3 Å². The van der Waals surface area contributed by atoms with E-state index in [4.69, 9.17) is 13.9 Å². The minimum absolute atomic E-state index is 0.0918. The number of hydrogen-bond donors (Lipinski definition) is 0. The molecule has 8 heteroatoms. The molecule has 0 aliphatic heterocycles. The van der Waals surface area contributed by atoms with E-state index in [1.165, 1.54) is 7.11 Å². The zero-order valence-corrected chi connectivity index (χ0v) is 21.2. The van der Waals surface area contributed by atoms with Crippen molar-refractivity contribution in [3.8, 4) is 0 Å². The van der Waals surface area contributed by atoms with E-state index in [0.717, 1.165) is 5.56 Å². The van der Waals surface area contributed by atoms with Gasteiger partial charge in [-0.05, 0) is 57.0 Å². The van der Waals surface area contributed by atoms with E-state index < -0.39 is 26.0 Å². The third-order valence-corrected chi connectivity index (χ3v) is 9.71. The molecule has 0 atom stereocenters. The van der Waals surface area contributed by atoms with E-state index in [2.05, 4.69) is 38.8 Å². The molecule has 1 aromatic rings. The Hall–Kier alpha value is -1.93. The van der Waals surface area contributed by atoms with Crippen molar-refractivity contribution in [2.45, 2.75) is 78.7 Å². The molecule has 1 heterocycles. The highest BCUT2D eigenvalue weighted by atomic mass is 28.4. The summed E-state index contributed by atoms with van der Waals surface area (Å²) in [5, 5.41) is 0.0918. The highest BCUT2D eigenvalue weighted by molar-refractivity contribution is 6.74. The standard InChI is InChI=1S/C22H38N2O5Si/c1-16-13-17(14-23-18(16)19(25)27-8)15-24(20(26)29-21(2,3)4)11-12-28-30(9,10)22(5,6)7/h13-14H,11-12,15H2,1-10H3. The molecule has 0 aromatic carbocycles.